The lowest BCUT2D eigenvalue weighted by Gasteiger charge is -2.48. The average molecular weight is 436 g/mol. The fraction of sp³-hybridized carbons (Fsp3) is 0.565. The maximum Gasteiger partial charge on any atom is 0.227 e. The summed E-state index contributed by atoms with van der Waals surface area (Å²) in [6, 6.07) is 6.74. The standard InChI is InChI=1S/C23H30FN3O2.ClH/c1-16(2)11-21-20(25-15-29-21)14-26-10-9-23(13-17(26)3)8-7-22(28)27(23)19-6-4-5-18(24)12-19;/h4-6,12,15-17H,7-11,13-14H2,1-3H3;1H/t17-,23+;/m0./s1. The fourth-order valence-corrected chi connectivity index (χ4v) is 5.03. The van der Waals surface area contributed by atoms with Crippen molar-refractivity contribution < 1.29 is 13.6 Å². The Kier molecular flexibility index (Phi) is 6.88. The summed E-state index contributed by atoms with van der Waals surface area (Å²) in [6.45, 7) is 8.23. The number of amides is 1. The van der Waals surface area contributed by atoms with Crippen molar-refractivity contribution in [2.24, 2.45) is 5.92 Å². The molecule has 5 nitrogen and oxygen atoms in total. The van der Waals surface area contributed by atoms with E-state index in [0.717, 1.165) is 50.2 Å². The summed E-state index contributed by atoms with van der Waals surface area (Å²) in [5.74, 6) is 1.30. The van der Waals surface area contributed by atoms with Crippen LogP contribution in [0.15, 0.2) is 35.1 Å². The molecule has 2 atom stereocenters. The number of benzene rings is 1. The Morgan fingerprint density at radius 2 is 2.13 bits per heavy atom. The molecule has 1 amide bonds. The molecule has 1 aromatic heterocycles. The van der Waals surface area contributed by atoms with Gasteiger partial charge in [-0.25, -0.2) is 9.37 Å². The van der Waals surface area contributed by atoms with Crippen molar-refractivity contribution in [1.29, 1.82) is 0 Å². The van der Waals surface area contributed by atoms with Crippen LogP contribution in [0.5, 0.6) is 0 Å². The van der Waals surface area contributed by atoms with Gasteiger partial charge in [0.1, 0.15) is 11.6 Å². The molecule has 0 saturated carbocycles. The molecule has 0 unspecified atom stereocenters. The minimum Gasteiger partial charge on any atom is -0.448 e. The van der Waals surface area contributed by atoms with E-state index in [9.17, 15) is 9.18 Å². The van der Waals surface area contributed by atoms with Gasteiger partial charge in [-0.2, -0.15) is 0 Å². The SMILES string of the molecule is CC(C)Cc1ocnc1CN1CC[C@]2(CCC(=O)N2c2cccc(F)c2)C[C@@H]1C.Cl. The van der Waals surface area contributed by atoms with Crippen molar-refractivity contribution in [3.05, 3.63) is 47.9 Å². The van der Waals surface area contributed by atoms with Crippen LogP contribution in [-0.2, 0) is 17.8 Å². The highest BCUT2D eigenvalue weighted by Gasteiger charge is 2.49. The predicted octanol–water partition coefficient (Wildman–Crippen LogP) is 4.98. The molecular formula is C23H31ClFN3O2. The number of carbonyl (C=O) groups excluding carboxylic acids is 1. The topological polar surface area (TPSA) is 49.6 Å². The Hall–Kier alpha value is -1.92. The van der Waals surface area contributed by atoms with Gasteiger partial charge in [0.05, 0.1) is 11.2 Å². The van der Waals surface area contributed by atoms with Crippen LogP contribution in [-0.4, -0.2) is 33.9 Å². The van der Waals surface area contributed by atoms with E-state index in [2.05, 4.69) is 30.7 Å². The highest BCUT2D eigenvalue weighted by Crippen LogP contribution is 2.44. The Labute approximate surface area is 184 Å². The first kappa shape index (κ1) is 22.8. The predicted molar refractivity (Wildman–Crippen MR) is 117 cm³/mol. The summed E-state index contributed by atoms with van der Waals surface area (Å²) < 4.78 is 19.4. The van der Waals surface area contributed by atoms with Gasteiger partial charge in [-0.15, -0.1) is 12.4 Å². The highest BCUT2D eigenvalue weighted by atomic mass is 35.5. The van der Waals surface area contributed by atoms with Crippen molar-refractivity contribution in [3.63, 3.8) is 0 Å². The van der Waals surface area contributed by atoms with Crippen LogP contribution in [0.4, 0.5) is 10.1 Å². The van der Waals surface area contributed by atoms with E-state index in [4.69, 9.17) is 4.42 Å². The van der Waals surface area contributed by atoms with Crippen LogP contribution in [0, 0.1) is 11.7 Å². The van der Waals surface area contributed by atoms with Crippen LogP contribution in [0.2, 0.25) is 0 Å². The van der Waals surface area contributed by atoms with Crippen molar-refractivity contribution in [2.75, 3.05) is 11.4 Å². The zero-order valence-corrected chi connectivity index (χ0v) is 18.8. The third-order valence-corrected chi connectivity index (χ3v) is 6.43. The maximum absolute atomic E-state index is 13.8. The van der Waals surface area contributed by atoms with Crippen LogP contribution < -0.4 is 4.90 Å². The fourth-order valence-electron chi connectivity index (χ4n) is 5.03. The van der Waals surface area contributed by atoms with Gasteiger partial charge in [-0.1, -0.05) is 19.9 Å². The quantitative estimate of drug-likeness (QED) is 0.664. The lowest BCUT2D eigenvalue weighted by Crippen LogP contribution is -2.56. The molecule has 3 heterocycles. The minimum atomic E-state index is -0.299. The second-order valence-corrected chi connectivity index (χ2v) is 9.03. The molecule has 0 aliphatic carbocycles. The normalized spacial score (nSPS) is 24.6. The minimum absolute atomic E-state index is 0. The summed E-state index contributed by atoms with van der Waals surface area (Å²) in [4.78, 5) is 21.5. The van der Waals surface area contributed by atoms with E-state index in [1.54, 1.807) is 12.5 Å². The van der Waals surface area contributed by atoms with Gasteiger partial charge in [0.15, 0.2) is 6.39 Å². The number of rotatable bonds is 5. The van der Waals surface area contributed by atoms with Crippen molar-refractivity contribution in [2.45, 2.75) is 71.0 Å². The van der Waals surface area contributed by atoms with E-state index < -0.39 is 0 Å². The lowest BCUT2D eigenvalue weighted by atomic mass is 9.81. The lowest BCUT2D eigenvalue weighted by molar-refractivity contribution is -0.117. The number of carbonyl (C=O) groups is 1. The second-order valence-electron chi connectivity index (χ2n) is 9.03. The molecule has 0 N–H and O–H groups in total. The number of likely N-dealkylation sites (tertiary alicyclic amines) is 1. The molecule has 0 bridgehead atoms. The monoisotopic (exact) mass is 435 g/mol. The number of anilines is 1. The summed E-state index contributed by atoms with van der Waals surface area (Å²) in [5.41, 5.74) is 1.49. The summed E-state index contributed by atoms with van der Waals surface area (Å²) >= 11 is 0. The summed E-state index contributed by atoms with van der Waals surface area (Å²) in [6.07, 6.45) is 5.57. The first-order chi connectivity index (χ1) is 13.9. The Bertz CT molecular complexity index is 887. The molecule has 2 saturated heterocycles. The Morgan fingerprint density at radius 3 is 2.83 bits per heavy atom. The van der Waals surface area contributed by atoms with Gasteiger partial charge >= 0.3 is 0 Å². The van der Waals surface area contributed by atoms with Crippen LogP contribution in [0.1, 0.15) is 57.9 Å². The third kappa shape index (κ3) is 4.40. The number of piperidine rings is 1. The number of aromatic nitrogens is 1. The molecule has 2 aliphatic rings. The largest absolute Gasteiger partial charge is 0.448 e. The molecule has 2 fully saturated rings. The van der Waals surface area contributed by atoms with E-state index >= 15 is 0 Å². The smallest absolute Gasteiger partial charge is 0.227 e. The van der Waals surface area contributed by atoms with Crippen molar-refractivity contribution in [3.8, 4) is 0 Å². The highest BCUT2D eigenvalue weighted by molar-refractivity contribution is 5.97. The second kappa shape index (κ2) is 9.06. The molecule has 1 spiro atoms. The Morgan fingerprint density at radius 1 is 1.33 bits per heavy atom. The molecule has 30 heavy (non-hydrogen) atoms. The van der Waals surface area contributed by atoms with Crippen LogP contribution in [0.3, 0.4) is 0 Å². The zero-order chi connectivity index (χ0) is 20.6. The van der Waals surface area contributed by atoms with E-state index in [1.165, 1.54) is 12.1 Å². The first-order valence-corrected chi connectivity index (χ1v) is 10.6. The number of halogens is 2. The molecule has 4 rings (SSSR count). The number of hydrogen-bond donors (Lipinski definition) is 0. The van der Waals surface area contributed by atoms with E-state index in [-0.39, 0.29) is 29.7 Å². The molecule has 2 aromatic rings. The van der Waals surface area contributed by atoms with E-state index in [0.29, 0.717) is 24.1 Å². The van der Waals surface area contributed by atoms with Gasteiger partial charge in [0.25, 0.3) is 0 Å². The third-order valence-electron chi connectivity index (χ3n) is 6.43. The van der Waals surface area contributed by atoms with Gasteiger partial charge < -0.3 is 9.32 Å². The van der Waals surface area contributed by atoms with Crippen molar-refractivity contribution in [1.82, 2.24) is 9.88 Å². The molecule has 164 valence electrons. The van der Waals surface area contributed by atoms with Crippen LogP contribution >= 0.6 is 12.4 Å². The zero-order valence-electron chi connectivity index (χ0n) is 17.9. The number of oxazole rings is 1. The number of hydrogen-bond acceptors (Lipinski definition) is 4. The van der Waals surface area contributed by atoms with E-state index in [1.807, 2.05) is 11.0 Å². The van der Waals surface area contributed by atoms with Gasteiger partial charge in [-0.05, 0) is 50.3 Å². The molecule has 2 aliphatic heterocycles. The maximum atomic E-state index is 13.8. The molecular weight excluding hydrogens is 405 g/mol. The summed E-state index contributed by atoms with van der Waals surface area (Å²) in [7, 11) is 0. The van der Waals surface area contributed by atoms with Gasteiger partial charge in [0.2, 0.25) is 5.91 Å². The number of nitrogens with zero attached hydrogens (tertiary/aromatic N) is 3. The van der Waals surface area contributed by atoms with Gasteiger partial charge in [0, 0.05) is 37.7 Å². The summed E-state index contributed by atoms with van der Waals surface area (Å²) in [5, 5.41) is 0. The molecule has 1 aromatic carbocycles. The molecule has 7 heteroatoms. The van der Waals surface area contributed by atoms with Crippen LogP contribution in [0.25, 0.3) is 0 Å². The van der Waals surface area contributed by atoms with Crippen molar-refractivity contribution >= 4 is 24.0 Å². The first-order valence-electron chi connectivity index (χ1n) is 10.6. The molecule has 0 radical (unpaired) electrons. The van der Waals surface area contributed by atoms with Gasteiger partial charge in [-0.3, -0.25) is 9.69 Å². The Balaban J connectivity index is 0.00000256. The average Bonchev–Trinajstić information content (AvgIpc) is 3.21.